The molecule has 11 heteroatoms. The van der Waals surface area contributed by atoms with E-state index in [0.717, 1.165) is 5.56 Å². The molecule has 0 aliphatic carbocycles. The average Bonchev–Trinajstić information content (AvgIpc) is 2.33. The van der Waals surface area contributed by atoms with Crippen LogP contribution in [-0.4, -0.2) is 73.0 Å². The van der Waals surface area contributed by atoms with Gasteiger partial charge in [-0.05, 0) is 24.6 Å². The molecule has 24 heavy (non-hydrogen) atoms. The lowest BCUT2D eigenvalue weighted by molar-refractivity contribution is 0.178. The Labute approximate surface area is 141 Å². The van der Waals surface area contributed by atoms with Crippen molar-refractivity contribution in [3.05, 3.63) is 29.8 Å². The van der Waals surface area contributed by atoms with E-state index in [1.54, 1.807) is 31.2 Å². The second kappa shape index (κ2) is 8.23. The molecule has 4 N–H and O–H groups in total. The average molecular weight is 383 g/mol. The van der Waals surface area contributed by atoms with Crippen molar-refractivity contribution in [2.45, 2.75) is 19.1 Å². The lowest BCUT2D eigenvalue weighted by atomic mass is 10.2. The van der Waals surface area contributed by atoms with E-state index in [1.165, 1.54) is 4.90 Å². The van der Waals surface area contributed by atoms with Gasteiger partial charge in [-0.1, -0.05) is 12.1 Å². The molecule has 0 aliphatic rings. The van der Waals surface area contributed by atoms with Crippen molar-refractivity contribution in [2.24, 2.45) is 0 Å². The van der Waals surface area contributed by atoms with E-state index in [9.17, 15) is 27.0 Å². The fourth-order valence-corrected chi connectivity index (χ4v) is 3.39. The summed E-state index contributed by atoms with van der Waals surface area (Å²) in [5.74, 6) is -1.80. The molecule has 9 nitrogen and oxygen atoms in total. The first kappa shape index (κ1) is 20.8. The summed E-state index contributed by atoms with van der Waals surface area (Å²) in [7, 11) is -8.78. The van der Waals surface area contributed by atoms with E-state index in [2.05, 4.69) is 0 Å². The summed E-state index contributed by atoms with van der Waals surface area (Å²) in [6.07, 6.45) is -2.92. The molecule has 138 valence electrons. The van der Waals surface area contributed by atoms with Gasteiger partial charge in [0.05, 0.1) is 12.2 Å². The third kappa shape index (κ3) is 8.57. The highest BCUT2D eigenvalue weighted by atomic mass is 32.2. The lowest BCUT2D eigenvalue weighted by Gasteiger charge is -2.29. The highest BCUT2D eigenvalue weighted by Gasteiger charge is 2.22. The zero-order valence-corrected chi connectivity index (χ0v) is 14.6. The fraction of sp³-hybridized carbons (Fsp3) is 0.538. The fourth-order valence-electron chi connectivity index (χ4n) is 2.21. The van der Waals surface area contributed by atoms with Gasteiger partial charge in [-0.25, -0.2) is 0 Å². The van der Waals surface area contributed by atoms with E-state index in [1.807, 2.05) is 0 Å². The van der Waals surface area contributed by atoms with E-state index in [0.29, 0.717) is 5.69 Å². The van der Waals surface area contributed by atoms with Crippen LogP contribution in [0.1, 0.15) is 5.56 Å². The minimum Gasteiger partial charge on any atom is -0.390 e. The predicted octanol–water partition coefficient (Wildman–Crippen LogP) is -0.701. The van der Waals surface area contributed by atoms with Crippen LogP contribution < -0.4 is 4.90 Å². The Bertz CT molecular complexity index is 705. The van der Waals surface area contributed by atoms with Crippen LogP contribution in [-0.2, 0) is 20.2 Å². The molecular formula is C13H21NO8S2. The predicted molar refractivity (Wildman–Crippen MR) is 88.2 cm³/mol. The molecule has 2 unspecified atom stereocenters. The van der Waals surface area contributed by atoms with E-state index in [4.69, 9.17) is 9.11 Å². The Morgan fingerprint density at radius 1 is 0.958 bits per heavy atom. The van der Waals surface area contributed by atoms with Gasteiger partial charge in [0.15, 0.2) is 0 Å². The van der Waals surface area contributed by atoms with Crippen molar-refractivity contribution in [3.63, 3.8) is 0 Å². The standard InChI is InChI=1S/C13H21NO8S2/c1-10-3-2-4-11(5-10)14(6-12(15)8-23(17,18)19)7-13(16)9-24(20,21)22/h2-5,12-13,15-16H,6-9H2,1H3,(H,17,18,19)(H,20,21,22). The van der Waals surface area contributed by atoms with Crippen LogP contribution in [0.4, 0.5) is 5.69 Å². The molecule has 0 saturated heterocycles. The molecule has 0 radical (unpaired) electrons. The molecular weight excluding hydrogens is 362 g/mol. The highest BCUT2D eigenvalue weighted by molar-refractivity contribution is 7.86. The molecule has 0 heterocycles. The zero-order valence-electron chi connectivity index (χ0n) is 13.0. The Morgan fingerprint density at radius 3 is 1.79 bits per heavy atom. The van der Waals surface area contributed by atoms with Crippen molar-refractivity contribution in [1.82, 2.24) is 0 Å². The van der Waals surface area contributed by atoms with Crippen molar-refractivity contribution in [3.8, 4) is 0 Å². The monoisotopic (exact) mass is 383 g/mol. The van der Waals surface area contributed by atoms with Gasteiger partial charge >= 0.3 is 0 Å². The summed E-state index contributed by atoms with van der Waals surface area (Å²) >= 11 is 0. The Balaban J connectivity index is 2.95. The molecule has 0 fully saturated rings. The summed E-state index contributed by atoms with van der Waals surface area (Å²) in [5.41, 5.74) is 1.37. The third-order valence-corrected chi connectivity index (χ3v) is 4.65. The maximum absolute atomic E-state index is 10.8. The number of hydrogen-bond acceptors (Lipinski definition) is 7. The molecule has 2 atom stereocenters. The summed E-state index contributed by atoms with van der Waals surface area (Å²) in [4.78, 5) is 1.37. The summed E-state index contributed by atoms with van der Waals surface area (Å²) in [6, 6.07) is 6.82. The van der Waals surface area contributed by atoms with Crippen LogP contribution in [0, 0.1) is 6.92 Å². The molecule has 1 rings (SSSR count). The maximum atomic E-state index is 10.8. The second-order valence-electron chi connectivity index (χ2n) is 5.55. The topological polar surface area (TPSA) is 152 Å². The number of hydrogen-bond donors (Lipinski definition) is 4. The van der Waals surface area contributed by atoms with Gasteiger partial charge in [-0.3, -0.25) is 9.11 Å². The van der Waals surface area contributed by atoms with Gasteiger partial charge in [-0.2, -0.15) is 16.8 Å². The second-order valence-corrected chi connectivity index (χ2v) is 8.54. The maximum Gasteiger partial charge on any atom is 0.267 e. The number of aliphatic hydroxyl groups is 2. The molecule has 0 bridgehead atoms. The summed E-state index contributed by atoms with van der Waals surface area (Å²) in [6.45, 7) is 1.25. The van der Waals surface area contributed by atoms with Crippen LogP contribution in [0.2, 0.25) is 0 Å². The first-order valence-corrected chi connectivity index (χ1v) is 10.2. The number of benzene rings is 1. The van der Waals surface area contributed by atoms with Crippen molar-refractivity contribution < 1.29 is 36.2 Å². The van der Waals surface area contributed by atoms with E-state index >= 15 is 0 Å². The Morgan fingerprint density at radius 2 is 1.42 bits per heavy atom. The van der Waals surface area contributed by atoms with Crippen LogP contribution in [0.3, 0.4) is 0 Å². The zero-order chi connectivity index (χ0) is 18.5. The first-order chi connectivity index (χ1) is 10.9. The van der Waals surface area contributed by atoms with Crippen LogP contribution in [0.5, 0.6) is 0 Å². The number of aryl methyl sites for hydroxylation is 1. The minimum absolute atomic E-state index is 0.272. The van der Waals surface area contributed by atoms with Gasteiger partial charge in [0.25, 0.3) is 20.2 Å². The van der Waals surface area contributed by atoms with Gasteiger partial charge in [0.2, 0.25) is 0 Å². The summed E-state index contributed by atoms with van der Waals surface area (Å²) < 4.78 is 60.9. The molecule has 0 spiro atoms. The van der Waals surface area contributed by atoms with Gasteiger partial charge in [-0.15, -0.1) is 0 Å². The minimum atomic E-state index is -4.39. The number of rotatable bonds is 9. The van der Waals surface area contributed by atoms with Crippen molar-refractivity contribution in [1.29, 1.82) is 0 Å². The van der Waals surface area contributed by atoms with Crippen LogP contribution in [0.25, 0.3) is 0 Å². The molecule has 0 aliphatic heterocycles. The SMILES string of the molecule is Cc1cccc(N(CC(O)CS(=O)(=O)O)CC(O)CS(=O)(=O)O)c1. The molecule has 0 aromatic heterocycles. The Hall–Kier alpha value is -1.24. The molecule has 0 saturated carbocycles. The quantitative estimate of drug-likeness (QED) is 0.405. The molecule has 0 amide bonds. The van der Waals surface area contributed by atoms with E-state index < -0.39 is 43.9 Å². The van der Waals surface area contributed by atoms with Gasteiger partial charge < -0.3 is 15.1 Å². The van der Waals surface area contributed by atoms with Crippen LogP contribution >= 0.6 is 0 Å². The lowest BCUT2D eigenvalue weighted by Crippen LogP contribution is -2.42. The van der Waals surface area contributed by atoms with Gasteiger partial charge in [0.1, 0.15) is 11.5 Å². The number of nitrogens with zero attached hydrogens (tertiary/aromatic N) is 1. The summed E-state index contributed by atoms with van der Waals surface area (Å²) in [5, 5.41) is 19.6. The number of anilines is 1. The molecule has 1 aromatic carbocycles. The number of aliphatic hydroxyl groups excluding tert-OH is 2. The third-order valence-electron chi connectivity index (χ3n) is 3.04. The van der Waals surface area contributed by atoms with Crippen molar-refractivity contribution >= 4 is 25.9 Å². The first-order valence-electron chi connectivity index (χ1n) is 6.94. The normalized spacial score (nSPS) is 15.0. The molecule has 1 aromatic rings. The largest absolute Gasteiger partial charge is 0.390 e. The van der Waals surface area contributed by atoms with Gasteiger partial charge in [0, 0.05) is 18.8 Å². The Kier molecular flexibility index (Phi) is 7.13. The van der Waals surface area contributed by atoms with Crippen LogP contribution in [0.15, 0.2) is 24.3 Å². The van der Waals surface area contributed by atoms with Crippen molar-refractivity contribution in [2.75, 3.05) is 29.5 Å². The van der Waals surface area contributed by atoms with E-state index in [-0.39, 0.29) is 13.1 Å². The highest BCUT2D eigenvalue weighted by Crippen LogP contribution is 2.17. The smallest absolute Gasteiger partial charge is 0.267 e.